The molecule has 4 heteroatoms. The fourth-order valence-electron chi connectivity index (χ4n) is 1.65. The molecule has 1 aromatic carbocycles. The van der Waals surface area contributed by atoms with Crippen LogP contribution in [0, 0.1) is 0 Å². The van der Waals surface area contributed by atoms with Gasteiger partial charge in [0.05, 0.1) is 5.56 Å². The zero-order valence-corrected chi connectivity index (χ0v) is 6.46. The Balaban J connectivity index is 2.35. The maximum absolute atomic E-state index is 11.0. The Morgan fingerprint density at radius 1 is 1.33 bits per heavy atom. The van der Waals surface area contributed by atoms with E-state index in [1.165, 1.54) is 0 Å². The second kappa shape index (κ2) is 2.42. The molecule has 64 valence electrons. The number of hydrogen-bond acceptors (Lipinski definition) is 4. The van der Waals surface area contributed by atoms with Gasteiger partial charge in [-0.2, -0.15) is 0 Å². The predicted octanol–water partition coefficient (Wildman–Crippen LogP) is -0.587. The zero-order chi connectivity index (χ0) is 8.72. The lowest BCUT2D eigenvalue weighted by atomic mass is 10.00. The molecule has 1 aromatic rings. The fraction of sp³-hybridized carbons (Fsp3) is 0.500. The average molecular weight is 167 g/mol. The molecular weight excluding hydrogens is 158 g/mol. The van der Waals surface area contributed by atoms with Crippen LogP contribution >= 0.6 is 0 Å². The Hall–Kier alpha value is -1.16. The summed E-state index contributed by atoms with van der Waals surface area (Å²) in [5.41, 5.74) is -0.969. The van der Waals surface area contributed by atoms with Gasteiger partial charge in [-0.3, -0.25) is 9.59 Å². The van der Waals surface area contributed by atoms with Crippen molar-refractivity contribution in [2.24, 2.45) is 0 Å². The van der Waals surface area contributed by atoms with Crippen LogP contribution in [0.25, 0.3) is 0 Å². The van der Waals surface area contributed by atoms with Gasteiger partial charge in [-0.05, 0) is 19.4 Å². The van der Waals surface area contributed by atoms with Crippen molar-refractivity contribution >= 4 is 0 Å². The summed E-state index contributed by atoms with van der Waals surface area (Å²) in [7, 11) is 0. The van der Waals surface area contributed by atoms with E-state index in [9.17, 15) is 9.59 Å². The fourth-order valence-corrected chi connectivity index (χ4v) is 1.65. The Morgan fingerprint density at radius 2 is 2.08 bits per heavy atom. The molecule has 2 N–H and O–H groups in total. The van der Waals surface area contributed by atoms with Crippen LogP contribution in [-0.2, 0) is 0 Å². The van der Waals surface area contributed by atoms with Gasteiger partial charge in [0.15, 0.2) is 5.75 Å². The van der Waals surface area contributed by atoms with Crippen molar-refractivity contribution in [2.75, 3.05) is 6.54 Å². The molecule has 1 fully saturated rings. The number of nitrogens with one attached hydrogen (secondary N) is 1. The van der Waals surface area contributed by atoms with Crippen LogP contribution in [0.3, 0.4) is 0 Å². The Morgan fingerprint density at radius 3 is 2.58 bits per heavy atom. The summed E-state index contributed by atoms with van der Waals surface area (Å²) in [6, 6.07) is -0.0878. The van der Waals surface area contributed by atoms with E-state index in [2.05, 4.69) is 5.32 Å². The second-order valence-corrected chi connectivity index (χ2v) is 3.07. The Bertz CT molecular complexity index is 369. The first-order chi connectivity index (χ1) is 5.72. The molecule has 12 heavy (non-hydrogen) atoms. The highest BCUT2D eigenvalue weighted by Gasteiger charge is 2.29. The van der Waals surface area contributed by atoms with E-state index < -0.39 is 10.9 Å². The smallest absolute Gasteiger partial charge is 0.268 e. The van der Waals surface area contributed by atoms with E-state index in [0.29, 0.717) is 0 Å². The maximum Gasteiger partial charge on any atom is 0.268 e. The lowest BCUT2D eigenvalue weighted by Gasteiger charge is -2.12. The van der Waals surface area contributed by atoms with E-state index in [4.69, 9.17) is 5.11 Å². The Kier molecular flexibility index (Phi) is 1.51. The van der Waals surface area contributed by atoms with E-state index in [1.54, 1.807) is 0 Å². The Labute approximate surface area is 68.5 Å². The first kappa shape index (κ1) is 7.49. The molecule has 0 aromatic heterocycles. The number of rotatable bonds is 1. The van der Waals surface area contributed by atoms with Crippen molar-refractivity contribution in [2.45, 2.75) is 18.9 Å². The molecular formula is C8H9NO3. The largest absolute Gasteiger partial charge is 0.504 e. The van der Waals surface area contributed by atoms with Gasteiger partial charge in [-0.25, -0.2) is 0 Å². The van der Waals surface area contributed by atoms with Crippen molar-refractivity contribution < 1.29 is 5.11 Å². The molecule has 1 aliphatic rings. The molecule has 0 amide bonds. The predicted molar refractivity (Wildman–Crippen MR) is 43.0 cm³/mol. The molecule has 0 aliphatic carbocycles. The maximum atomic E-state index is 11.0. The normalized spacial score (nSPS) is 23.5. The summed E-state index contributed by atoms with van der Waals surface area (Å²) in [4.78, 5) is 21.6. The van der Waals surface area contributed by atoms with Crippen LogP contribution in [0.15, 0.2) is 9.59 Å². The van der Waals surface area contributed by atoms with Gasteiger partial charge in [0, 0.05) is 6.04 Å². The summed E-state index contributed by atoms with van der Waals surface area (Å²) in [6.07, 6.45) is 1.82. The quantitative estimate of drug-likeness (QED) is 0.549. The van der Waals surface area contributed by atoms with Gasteiger partial charge < -0.3 is 10.4 Å². The standard InChI is InChI=1S/C8H9NO3/c10-6-5(7(11)8(6)12)4-2-1-3-9-4/h4,9-10H,1-3H2. The lowest BCUT2D eigenvalue weighted by Crippen LogP contribution is -2.38. The van der Waals surface area contributed by atoms with Crippen molar-refractivity contribution in [3.8, 4) is 5.75 Å². The van der Waals surface area contributed by atoms with Gasteiger partial charge in [-0.1, -0.05) is 0 Å². The van der Waals surface area contributed by atoms with Gasteiger partial charge in [0.1, 0.15) is 0 Å². The van der Waals surface area contributed by atoms with E-state index in [-0.39, 0.29) is 17.4 Å². The van der Waals surface area contributed by atoms with E-state index >= 15 is 0 Å². The first-order valence-electron chi connectivity index (χ1n) is 3.97. The first-order valence-corrected chi connectivity index (χ1v) is 3.97. The van der Waals surface area contributed by atoms with Gasteiger partial charge >= 0.3 is 0 Å². The summed E-state index contributed by atoms with van der Waals surface area (Å²) >= 11 is 0. The number of hydrogen-bond donors (Lipinski definition) is 2. The van der Waals surface area contributed by atoms with Crippen molar-refractivity contribution in [3.63, 3.8) is 0 Å². The number of aromatic hydroxyl groups is 1. The topological polar surface area (TPSA) is 66.4 Å². The third-order valence-electron chi connectivity index (χ3n) is 2.33. The molecule has 0 saturated carbocycles. The lowest BCUT2D eigenvalue weighted by molar-refractivity contribution is 0.440. The molecule has 4 nitrogen and oxygen atoms in total. The molecule has 1 atom stereocenters. The summed E-state index contributed by atoms with van der Waals surface area (Å²) in [5.74, 6) is -0.334. The van der Waals surface area contributed by atoms with E-state index in [0.717, 1.165) is 19.4 Å². The summed E-state index contributed by atoms with van der Waals surface area (Å²) in [6.45, 7) is 0.850. The third-order valence-corrected chi connectivity index (χ3v) is 2.33. The van der Waals surface area contributed by atoms with Crippen molar-refractivity contribution in [3.05, 3.63) is 26.0 Å². The minimum atomic E-state index is -0.737. The zero-order valence-electron chi connectivity index (χ0n) is 6.46. The van der Waals surface area contributed by atoms with Gasteiger partial charge in [0.2, 0.25) is 5.43 Å². The minimum Gasteiger partial charge on any atom is -0.504 e. The van der Waals surface area contributed by atoms with Crippen LogP contribution in [0.2, 0.25) is 0 Å². The second-order valence-electron chi connectivity index (χ2n) is 3.07. The van der Waals surface area contributed by atoms with Gasteiger partial charge in [-0.15, -0.1) is 0 Å². The average Bonchev–Trinajstić information content (AvgIpc) is 2.57. The molecule has 1 heterocycles. The molecule has 1 saturated heterocycles. The van der Waals surface area contributed by atoms with E-state index in [1.807, 2.05) is 0 Å². The molecule has 0 radical (unpaired) electrons. The highest BCUT2D eigenvalue weighted by atomic mass is 16.3. The molecule has 0 spiro atoms. The van der Waals surface area contributed by atoms with Crippen LogP contribution in [0.4, 0.5) is 0 Å². The SMILES string of the molecule is O=c1c(O)c(C2CCCN2)c1=O. The highest BCUT2D eigenvalue weighted by Crippen LogP contribution is 2.25. The van der Waals surface area contributed by atoms with Crippen LogP contribution in [0.5, 0.6) is 5.75 Å². The van der Waals surface area contributed by atoms with Gasteiger partial charge in [0.25, 0.3) is 5.43 Å². The molecule has 2 rings (SSSR count). The van der Waals surface area contributed by atoms with Crippen molar-refractivity contribution in [1.82, 2.24) is 5.32 Å². The van der Waals surface area contributed by atoms with Crippen LogP contribution in [-0.4, -0.2) is 11.7 Å². The van der Waals surface area contributed by atoms with Crippen molar-refractivity contribution in [1.29, 1.82) is 0 Å². The molecule has 1 unspecified atom stereocenters. The summed E-state index contributed by atoms with van der Waals surface area (Å²) < 4.78 is 0. The monoisotopic (exact) mass is 167 g/mol. The molecule has 1 aliphatic heterocycles. The highest BCUT2D eigenvalue weighted by molar-refractivity contribution is 5.40. The third kappa shape index (κ3) is 0.814. The summed E-state index contributed by atoms with van der Waals surface area (Å²) in [5, 5.41) is 12.1. The minimum absolute atomic E-state index is 0.0878. The van der Waals surface area contributed by atoms with Crippen LogP contribution < -0.4 is 16.2 Å². The molecule has 0 bridgehead atoms. The van der Waals surface area contributed by atoms with Crippen LogP contribution in [0.1, 0.15) is 24.4 Å².